The molecule has 0 heterocycles. The van der Waals surface area contributed by atoms with E-state index in [0.29, 0.717) is 10.7 Å². The van der Waals surface area contributed by atoms with Gasteiger partial charge in [-0.05, 0) is 18.3 Å². The molecule has 12 heavy (non-hydrogen) atoms. The van der Waals surface area contributed by atoms with Crippen LogP contribution in [0.3, 0.4) is 0 Å². The first-order chi connectivity index (χ1) is 5.41. The highest BCUT2D eigenvalue weighted by molar-refractivity contribution is 6.14. The maximum atomic E-state index is 2.42. The molecule has 1 heteroatoms. The van der Waals surface area contributed by atoms with E-state index in [1.165, 1.54) is 38.5 Å². The highest BCUT2D eigenvalue weighted by atomic mass is 14.3. The van der Waals surface area contributed by atoms with Gasteiger partial charge < -0.3 is 0 Å². The lowest BCUT2D eigenvalue weighted by Crippen LogP contribution is -2.18. The van der Waals surface area contributed by atoms with Crippen LogP contribution in [0.4, 0.5) is 0 Å². The van der Waals surface area contributed by atoms with Gasteiger partial charge in [-0.25, -0.2) is 0 Å². The molecule has 0 spiro atoms. The lowest BCUT2D eigenvalue weighted by molar-refractivity contribution is 0.248. The second kappa shape index (κ2) is 3.43. The quantitative estimate of drug-likeness (QED) is 0.485. The molecular formula is C11H23B. The first-order valence-electron chi connectivity index (χ1n) is 5.41. The maximum absolute atomic E-state index is 2.42. The van der Waals surface area contributed by atoms with Gasteiger partial charge in [-0.15, -0.1) is 0 Å². The summed E-state index contributed by atoms with van der Waals surface area (Å²) in [4.78, 5) is 0. The van der Waals surface area contributed by atoms with E-state index in [4.69, 9.17) is 0 Å². The smallest absolute Gasteiger partial charge is 0.0669 e. The molecule has 0 aromatic carbocycles. The summed E-state index contributed by atoms with van der Waals surface area (Å²) in [5.74, 6) is 0. The summed E-state index contributed by atoms with van der Waals surface area (Å²) < 4.78 is 0. The van der Waals surface area contributed by atoms with Crippen molar-refractivity contribution in [2.45, 2.75) is 64.6 Å². The molecule has 0 unspecified atom stereocenters. The van der Waals surface area contributed by atoms with Crippen molar-refractivity contribution in [3.8, 4) is 0 Å². The Morgan fingerprint density at radius 3 is 1.67 bits per heavy atom. The Labute approximate surface area is 78.5 Å². The normalized spacial score (nSPS) is 28.9. The average molecular weight is 166 g/mol. The molecule has 0 nitrogen and oxygen atoms in total. The Morgan fingerprint density at radius 1 is 0.833 bits per heavy atom. The number of rotatable bonds is 0. The Kier molecular flexibility index (Phi) is 2.90. The zero-order chi connectivity index (χ0) is 9.24. The van der Waals surface area contributed by atoms with Gasteiger partial charge in [0, 0.05) is 0 Å². The van der Waals surface area contributed by atoms with Crippen molar-refractivity contribution < 1.29 is 0 Å². The van der Waals surface area contributed by atoms with Crippen LogP contribution in [-0.4, -0.2) is 7.85 Å². The fraction of sp³-hybridized carbons (Fsp3) is 1.00. The average Bonchev–Trinajstić information content (AvgIpc) is 1.82. The van der Waals surface area contributed by atoms with E-state index < -0.39 is 0 Å². The Balaban J connectivity index is 2.45. The molecule has 0 N–H and O–H groups in total. The summed E-state index contributed by atoms with van der Waals surface area (Å²) in [7, 11) is 2.42. The van der Waals surface area contributed by atoms with Crippen LogP contribution in [0.15, 0.2) is 0 Å². The van der Waals surface area contributed by atoms with Gasteiger partial charge in [0.25, 0.3) is 0 Å². The van der Waals surface area contributed by atoms with Crippen LogP contribution in [-0.2, 0) is 0 Å². The van der Waals surface area contributed by atoms with Crippen LogP contribution in [0, 0.1) is 5.41 Å². The van der Waals surface area contributed by atoms with Gasteiger partial charge in [-0.2, -0.15) is 0 Å². The molecule has 0 atom stereocenters. The third-order valence-electron chi connectivity index (χ3n) is 3.41. The molecule has 0 aromatic heterocycles. The number of hydrogen-bond donors (Lipinski definition) is 0. The van der Waals surface area contributed by atoms with Crippen molar-refractivity contribution in [2.75, 3.05) is 0 Å². The van der Waals surface area contributed by atoms with E-state index in [0.717, 1.165) is 0 Å². The summed E-state index contributed by atoms with van der Waals surface area (Å²) in [5, 5.41) is 0.622. The van der Waals surface area contributed by atoms with E-state index in [1.54, 1.807) is 0 Å². The van der Waals surface area contributed by atoms with Gasteiger partial charge in [0.2, 0.25) is 0 Å². The number of hydrogen-bond acceptors (Lipinski definition) is 0. The fourth-order valence-electron chi connectivity index (χ4n) is 2.34. The van der Waals surface area contributed by atoms with Crippen molar-refractivity contribution in [1.29, 1.82) is 0 Å². The minimum absolute atomic E-state index is 0.622. The first kappa shape index (κ1) is 10.1. The van der Waals surface area contributed by atoms with Gasteiger partial charge >= 0.3 is 0 Å². The summed E-state index contributed by atoms with van der Waals surface area (Å²) in [5.41, 5.74) is 0.622. The van der Waals surface area contributed by atoms with Crippen molar-refractivity contribution in [3.63, 3.8) is 0 Å². The second-order valence-electron chi connectivity index (χ2n) is 6.04. The minimum atomic E-state index is 0.622. The van der Waals surface area contributed by atoms with Crippen molar-refractivity contribution >= 4 is 7.85 Å². The van der Waals surface area contributed by atoms with Crippen molar-refractivity contribution in [2.24, 2.45) is 5.41 Å². The molecule has 1 fully saturated rings. The highest BCUT2D eigenvalue weighted by Crippen LogP contribution is 2.41. The van der Waals surface area contributed by atoms with Crippen LogP contribution >= 0.6 is 0 Å². The van der Waals surface area contributed by atoms with E-state index in [-0.39, 0.29) is 0 Å². The third-order valence-corrected chi connectivity index (χ3v) is 3.41. The van der Waals surface area contributed by atoms with Gasteiger partial charge in [0.05, 0.1) is 0 Å². The molecule has 0 aliphatic heterocycles. The van der Waals surface area contributed by atoms with Crippen LogP contribution in [0.2, 0.25) is 5.31 Å². The molecular weight excluding hydrogens is 143 g/mol. The van der Waals surface area contributed by atoms with Crippen LogP contribution < -0.4 is 0 Å². The van der Waals surface area contributed by atoms with Crippen LogP contribution in [0.25, 0.3) is 0 Å². The molecule has 1 aliphatic carbocycles. The Morgan fingerprint density at radius 2 is 1.25 bits per heavy atom. The molecule has 1 aliphatic rings. The molecule has 1 saturated carbocycles. The summed E-state index contributed by atoms with van der Waals surface area (Å²) in [6, 6.07) is 0. The maximum Gasteiger partial charge on any atom is 0.109 e. The summed E-state index contributed by atoms with van der Waals surface area (Å²) in [6.07, 6.45) is 8.57. The zero-order valence-corrected chi connectivity index (χ0v) is 9.24. The van der Waals surface area contributed by atoms with Gasteiger partial charge in [0.15, 0.2) is 0 Å². The highest BCUT2D eigenvalue weighted by Gasteiger charge is 2.25. The predicted octanol–water partition coefficient (Wildman–Crippen LogP) is 3.18. The lowest BCUT2D eigenvalue weighted by Gasteiger charge is -2.33. The largest absolute Gasteiger partial charge is 0.109 e. The lowest BCUT2D eigenvalue weighted by atomic mass is 9.61. The molecule has 1 rings (SSSR count). The molecule has 0 bridgehead atoms. The zero-order valence-electron chi connectivity index (χ0n) is 9.24. The van der Waals surface area contributed by atoms with Gasteiger partial charge in [-0.1, -0.05) is 51.8 Å². The summed E-state index contributed by atoms with van der Waals surface area (Å²) in [6.45, 7) is 7.27. The molecule has 0 amide bonds. The van der Waals surface area contributed by atoms with E-state index >= 15 is 0 Å². The Hall–Kier alpha value is 0.0649. The van der Waals surface area contributed by atoms with Gasteiger partial charge in [-0.3, -0.25) is 0 Å². The summed E-state index contributed by atoms with van der Waals surface area (Å²) >= 11 is 0. The van der Waals surface area contributed by atoms with Crippen molar-refractivity contribution in [1.82, 2.24) is 0 Å². The fourth-order valence-corrected chi connectivity index (χ4v) is 2.34. The van der Waals surface area contributed by atoms with E-state index in [1.807, 2.05) is 0 Å². The standard InChI is InChI=1S/C11H23B/c1-10(2)6-4-8-11(3,12)9-5-7-10/h4-9,12H2,1-3H3. The SMILES string of the molecule is BC1(C)CCCC(C)(C)CCC1. The third kappa shape index (κ3) is 3.20. The molecule has 0 saturated heterocycles. The topological polar surface area (TPSA) is 0 Å². The van der Waals surface area contributed by atoms with Crippen LogP contribution in [0.1, 0.15) is 59.3 Å². The van der Waals surface area contributed by atoms with Crippen molar-refractivity contribution in [3.05, 3.63) is 0 Å². The first-order valence-corrected chi connectivity index (χ1v) is 5.41. The monoisotopic (exact) mass is 166 g/mol. The van der Waals surface area contributed by atoms with Gasteiger partial charge in [0.1, 0.15) is 7.85 Å². The molecule has 0 aromatic rings. The molecule has 70 valence electrons. The Bertz CT molecular complexity index is 117. The van der Waals surface area contributed by atoms with E-state index in [9.17, 15) is 0 Å². The molecule has 0 radical (unpaired) electrons. The van der Waals surface area contributed by atoms with Crippen LogP contribution in [0.5, 0.6) is 0 Å². The van der Waals surface area contributed by atoms with E-state index in [2.05, 4.69) is 28.6 Å². The minimum Gasteiger partial charge on any atom is -0.0669 e. The predicted molar refractivity (Wildman–Crippen MR) is 58.4 cm³/mol. The second-order valence-corrected chi connectivity index (χ2v) is 6.04.